The second kappa shape index (κ2) is 5.79. The highest BCUT2D eigenvalue weighted by molar-refractivity contribution is 9.10. The summed E-state index contributed by atoms with van der Waals surface area (Å²) in [6.45, 7) is 0. The first-order valence-electron chi connectivity index (χ1n) is 5.51. The van der Waals surface area contributed by atoms with Crippen LogP contribution in [0.3, 0.4) is 0 Å². The first-order chi connectivity index (χ1) is 9.11. The number of amides is 1. The average Bonchev–Trinajstić information content (AvgIpc) is 2.41. The van der Waals surface area contributed by atoms with Crippen molar-refractivity contribution in [3.63, 3.8) is 0 Å². The number of rotatable bonds is 3. The molecule has 2 aromatic rings. The molecule has 0 saturated heterocycles. The first-order valence-corrected chi connectivity index (χ1v) is 6.30. The van der Waals surface area contributed by atoms with Crippen LogP contribution >= 0.6 is 15.9 Å². The maximum absolute atomic E-state index is 13.0. The molecule has 0 fully saturated rings. The first kappa shape index (κ1) is 13.5. The molecule has 0 bridgehead atoms. The molecule has 0 unspecified atom stereocenters. The van der Waals surface area contributed by atoms with Crippen molar-refractivity contribution in [3.05, 3.63) is 52.4 Å². The molecule has 0 aliphatic heterocycles. The van der Waals surface area contributed by atoms with Crippen molar-refractivity contribution >= 4 is 33.3 Å². The van der Waals surface area contributed by atoms with Crippen LogP contribution in [0.1, 0.15) is 10.4 Å². The van der Waals surface area contributed by atoms with Gasteiger partial charge in [0.25, 0.3) is 5.91 Å². The Kier molecular flexibility index (Phi) is 4.11. The van der Waals surface area contributed by atoms with Gasteiger partial charge in [0.1, 0.15) is 11.6 Å². The van der Waals surface area contributed by atoms with Crippen molar-refractivity contribution in [2.75, 3.05) is 17.7 Å². The summed E-state index contributed by atoms with van der Waals surface area (Å²) in [7, 11) is 1.69. The van der Waals surface area contributed by atoms with Gasteiger partial charge in [0, 0.05) is 17.7 Å². The molecule has 0 aliphatic carbocycles. The number of aromatic nitrogens is 1. The van der Waals surface area contributed by atoms with Gasteiger partial charge >= 0.3 is 0 Å². The van der Waals surface area contributed by atoms with Gasteiger partial charge in [-0.1, -0.05) is 0 Å². The highest BCUT2D eigenvalue weighted by Crippen LogP contribution is 2.24. The van der Waals surface area contributed by atoms with Gasteiger partial charge < -0.3 is 10.6 Å². The maximum atomic E-state index is 13.0. The van der Waals surface area contributed by atoms with Crippen LogP contribution in [0.5, 0.6) is 0 Å². The van der Waals surface area contributed by atoms with Gasteiger partial charge in [-0.2, -0.15) is 0 Å². The number of benzene rings is 1. The van der Waals surface area contributed by atoms with Crippen molar-refractivity contribution in [2.24, 2.45) is 0 Å². The number of hydrogen-bond acceptors (Lipinski definition) is 3. The van der Waals surface area contributed by atoms with Gasteiger partial charge in [0.2, 0.25) is 0 Å². The highest BCUT2D eigenvalue weighted by atomic mass is 79.9. The zero-order valence-electron chi connectivity index (χ0n) is 10.1. The van der Waals surface area contributed by atoms with E-state index in [9.17, 15) is 9.18 Å². The van der Waals surface area contributed by atoms with E-state index in [1.54, 1.807) is 25.4 Å². The van der Waals surface area contributed by atoms with E-state index in [1.807, 2.05) is 0 Å². The molecule has 4 nitrogen and oxygen atoms in total. The smallest absolute Gasteiger partial charge is 0.259 e. The van der Waals surface area contributed by atoms with Crippen LogP contribution in [0, 0.1) is 5.82 Å². The molecule has 0 saturated carbocycles. The zero-order valence-corrected chi connectivity index (χ0v) is 11.7. The number of pyridine rings is 1. The Labute approximate surface area is 118 Å². The molecule has 2 N–H and O–H groups in total. The van der Waals surface area contributed by atoms with Crippen LogP contribution in [0.4, 0.5) is 15.9 Å². The van der Waals surface area contributed by atoms with E-state index in [4.69, 9.17) is 0 Å². The van der Waals surface area contributed by atoms with Gasteiger partial charge in [0.05, 0.1) is 11.3 Å². The van der Waals surface area contributed by atoms with Gasteiger partial charge in [-0.25, -0.2) is 9.37 Å². The van der Waals surface area contributed by atoms with Crippen molar-refractivity contribution in [3.8, 4) is 0 Å². The maximum Gasteiger partial charge on any atom is 0.259 e. The summed E-state index contributed by atoms with van der Waals surface area (Å²) >= 11 is 3.20. The van der Waals surface area contributed by atoms with Crippen LogP contribution < -0.4 is 10.6 Å². The minimum Gasteiger partial charge on any atom is -0.372 e. The van der Waals surface area contributed by atoms with Crippen LogP contribution in [0.15, 0.2) is 41.0 Å². The minimum atomic E-state index is -0.373. The molecule has 0 atom stereocenters. The van der Waals surface area contributed by atoms with Crippen LogP contribution in [-0.4, -0.2) is 17.9 Å². The van der Waals surface area contributed by atoms with Gasteiger partial charge in [0.15, 0.2) is 0 Å². The monoisotopic (exact) mass is 323 g/mol. The Morgan fingerprint density at radius 3 is 2.84 bits per heavy atom. The molecule has 0 spiro atoms. The predicted octanol–water partition coefficient (Wildman–Crippen LogP) is 3.28. The Morgan fingerprint density at radius 1 is 1.37 bits per heavy atom. The number of hydrogen-bond donors (Lipinski definition) is 2. The second-order valence-electron chi connectivity index (χ2n) is 3.73. The minimum absolute atomic E-state index is 0.315. The summed E-state index contributed by atoms with van der Waals surface area (Å²) < 4.78 is 13.4. The fourth-order valence-electron chi connectivity index (χ4n) is 1.57. The summed E-state index contributed by atoms with van der Waals surface area (Å²) in [6.07, 6.45) is 1.59. The van der Waals surface area contributed by atoms with E-state index in [1.165, 1.54) is 18.2 Å². The molecular formula is C13H11BrFN3O. The fraction of sp³-hybridized carbons (Fsp3) is 0.0769. The van der Waals surface area contributed by atoms with E-state index in [0.29, 0.717) is 21.5 Å². The van der Waals surface area contributed by atoms with Crippen LogP contribution in [0.25, 0.3) is 0 Å². The zero-order chi connectivity index (χ0) is 13.8. The molecule has 0 aliphatic rings. The molecule has 6 heteroatoms. The summed E-state index contributed by atoms with van der Waals surface area (Å²) in [4.78, 5) is 16.2. The summed E-state index contributed by atoms with van der Waals surface area (Å²) in [5, 5.41) is 5.54. The van der Waals surface area contributed by atoms with Gasteiger partial charge in [-0.15, -0.1) is 0 Å². The molecule has 19 heavy (non-hydrogen) atoms. The van der Waals surface area contributed by atoms with E-state index in [-0.39, 0.29) is 11.7 Å². The quantitative estimate of drug-likeness (QED) is 0.911. The lowest BCUT2D eigenvalue weighted by atomic mass is 10.2. The SMILES string of the molecule is CNc1ncccc1C(=O)Nc1ccc(F)cc1Br. The largest absolute Gasteiger partial charge is 0.372 e. The van der Waals surface area contributed by atoms with E-state index in [0.717, 1.165) is 0 Å². The standard InChI is InChI=1S/C13H11BrFN3O/c1-16-12-9(3-2-6-17-12)13(19)18-11-5-4-8(15)7-10(11)14/h2-7H,1H3,(H,16,17)(H,18,19). The number of carbonyl (C=O) groups is 1. The molecule has 1 amide bonds. The van der Waals surface area contributed by atoms with Crippen molar-refractivity contribution in [1.29, 1.82) is 0 Å². The molecule has 2 rings (SSSR count). The van der Waals surface area contributed by atoms with Crippen molar-refractivity contribution < 1.29 is 9.18 Å². The van der Waals surface area contributed by atoms with E-state index in [2.05, 4.69) is 31.5 Å². The Bertz CT molecular complexity index is 619. The number of carbonyl (C=O) groups excluding carboxylic acids is 1. The Morgan fingerprint density at radius 2 is 2.16 bits per heavy atom. The fourth-order valence-corrected chi connectivity index (χ4v) is 2.02. The number of nitrogens with zero attached hydrogens (tertiary/aromatic N) is 1. The topological polar surface area (TPSA) is 54.0 Å². The summed E-state index contributed by atoms with van der Waals surface area (Å²) in [6, 6.07) is 7.40. The third-order valence-corrected chi connectivity index (χ3v) is 3.12. The highest BCUT2D eigenvalue weighted by Gasteiger charge is 2.12. The molecule has 1 heterocycles. The third-order valence-electron chi connectivity index (χ3n) is 2.47. The Hall–Kier alpha value is -1.95. The lowest BCUT2D eigenvalue weighted by Crippen LogP contribution is -2.15. The number of nitrogens with one attached hydrogen (secondary N) is 2. The van der Waals surface area contributed by atoms with Gasteiger partial charge in [-0.05, 0) is 46.3 Å². The van der Waals surface area contributed by atoms with Gasteiger partial charge in [-0.3, -0.25) is 4.79 Å². The molecule has 0 radical (unpaired) electrons. The number of anilines is 2. The lowest BCUT2D eigenvalue weighted by Gasteiger charge is -2.10. The predicted molar refractivity (Wildman–Crippen MR) is 75.8 cm³/mol. The van der Waals surface area contributed by atoms with Crippen LogP contribution in [0.2, 0.25) is 0 Å². The molecule has 1 aromatic heterocycles. The molecule has 1 aromatic carbocycles. The lowest BCUT2D eigenvalue weighted by molar-refractivity contribution is 0.102. The van der Waals surface area contributed by atoms with Crippen LogP contribution in [-0.2, 0) is 0 Å². The van der Waals surface area contributed by atoms with E-state index >= 15 is 0 Å². The average molecular weight is 324 g/mol. The number of halogens is 2. The Balaban J connectivity index is 2.26. The summed E-state index contributed by atoms with van der Waals surface area (Å²) in [5.41, 5.74) is 0.915. The normalized spacial score (nSPS) is 10.1. The third kappa shape index (κ3) is 3.08. The van der Waals surface area contributed by atoms with Crippen molar-refractivity contribution in [1.82, 2.24) is 4.98 Å². The van der Waals surface area contributed by atoms with E-state index < -0.39 is 0 Å². The van der Waals surface area contributed by atoms with Crippen molar-refractivity contribution in [2.45, 2.75) is 0 Å². The molecule has 98 valence electrons. The molecular weight excluding hydrogens is 313 g/mol. The second-order valence-corrected chi connectivity index (χ2v) is 4.58. The summed E-state index contributed by atoms with van der Waals surface area (Å²) in [5.74, 6) is -0.204.